The molecule has 0 rings (SSSR count). The predicted molar refractivity (Wildman–Crippen MR) is 160 cm³/mol. The van der Waals surface area contributed by atoms with Gasteiger partial charge in [0.15, 0.2) is 6.10 Å². The molecule has 4 atom stereocenters. The molecule has 0 aliphatic carbocycles. The molecule has 0 saturated heterocycles. The van der Waals surface area contributed by atoms with Crippen molar-refractivity contribution in [3.63, 3.8) is 0 Å². The average Bonchev–Trinajstić information content (AvgIpc) is 2.97. The van der Waals surface area contributed by atoms with Crippen molar-refractivity contribution < 1.29 is 53.0 Å². The second kappa shape index (κ2) is 23.0. The summed E-state index contributed by atoms with van der Waals surface area (Å²) in [6.07, 6.45) is 3.44. The summed E-state index contributed by atoms with van der Waals surface area (Å²) in [4.78, 5) is 58.5. The van der Waals surface area contributed by atoms with E-state index in [9.17, 15) is 29.5 Å². The topological polar surface area (TPSA) is 168 Å². The Morgan fingerprint density at radius 3 is 2.05 bits per heavy atom. The maximum atomic E-state index is 12.8. The van der Waals surface area contributed by atoms with Crippen LogP contribution in [0.4, 0.5) is 0 Å². The molecule has 0 saturated carbocycles. The molecule has 0 amide bonds. The number of esters is 4. The molecular formula is C32H51NO11. The van der Waals surface area contributed by atoms with Crippen LogP contribution < -0.4 is 0 Å². The van der Waals surface area contributed by atoms with Crippen LogP contribution in [0.5, 0.6) is 0 Å². The molecule has 4 unspecified atom stereocenters. The van der Waals surface area contributed by atoms with Gasteiger partial charge in [0.05, 0.1) is 17.4 Å². The average molecular weight is 626 g/mol. The first kappa shape index (κ1) is 40.6. The highest BCUT2D eigenvalue weighted by molar-refractivity contribution is 5.86. The van der Waals surface area contributed by atoms with E-state index in [1.165, 1.54) is 6.92 Å². The van der Waals surface area contributed by atoms with E-state index in [0.717, 1.165) is 25.7 Å². The lowest BCUT2D eigenvalue weighted by atomic mass is 9.79. The number of hydrogen-bond acceptors (Lipinski definition) is 12. The summed E-state index contributed by atoms with van der Waals surface area (Å²) >= 11 is 0. The van der Waals surface area contributed by atoms with Crippen LogP contribution in [0, 0.1) is 22.7 Å². The Labute approximate surface area is 261 Å². The van der Waals surface area contributed by atoms with Gasteiger partial charge in [-0.05, 0) is 33.1 Å². The van der Waals surface area contributed by atoms with Crippen molar-refractivity contribution in [3.8, 4) is 6.07 Å². The molecular weight excluding hydrogens is 574 g/mol. The van der Waals surface area contributed by atoms with Crippen LogP contribution in [-0.4, -0.2) is 67.6 Å². The van der Waals surface area contributed by atoms with Crippen molar-refractivity contribution in [2.75, 3.05) is 26.4 Å². The van der Waals surface area contributed by atoms with Gasteiger partial charge in [-0.15, -0.1) is 0 Å². The smallest absolute Gasteiger partial charge is 0.333 e. The molecule has 0 aliphatic rings. The quantitative estimate of drug-likeness (QED) is 0.0274. The molecule has 0 heterocycles. The number of rotatable bonds is 25. The molecule has 1 N–H and O–H groups in total. The lowest BCUT2D eigenvalue weighted by Gasteiger charge is -2.25. The first-order valence-corrected chi connectivity index (χ1v) is 15.2. The van der Waals surface area contributed by atoms with Crippen molar-refractivity contribution in [3.05, 3.63) is 24.5 Å². The number of carbonyl (C=O) groups excluding carboxylic acids is 4. The number of nitriles is 1. The van der Waals surface area contributed by atoms with Crippen LogP contribution in [0.25, 0.3) is 0 Å². The Balaban J connectivity index is 4.90. The van der Waals surface area contributed by atoms with Crippen LogP contribution >= 0.6 is 0 Å². The van der Waals surface area contributed by atoms with Crippen LogP contribution in [0.15, 0.2) is 24.5 Å². The van der Waals surface area contributed by atoms with Crippen LogP contribution in [0.1, 0.15) is 98.8 Å². The van der Waals surface area contributed by atoms with Gasteiger partial charge in [-0.2, -0.15) is 10.1 Å². The Kier molecular flexibility index (Phi) is 21.2. The van der Waals surface area contributed by atoms with Gasteiger partial charge in [0.2, 0.25) is 0 Å². The maximum absolute atomic E-state index is 12.8. The normalized spacial score (nSPS) is 14.1. The number of ether oxygens (including phenoxy) is 4. The van der Waals surface area contributed by atoms with Gasteiger partial charge in [-0.25, -0.2) is 4.79 Å². The summed E-state index contributed by atoms with van der Waals surface area (Å²) in [7, 11) is 0. The number of hydrogen-bond donors (Lipinski definition) is 1. The Morgan fingerprint density at radius 1 is 0.886 bits per heavy atom. The standard InChI is InChI=1S/C32H51NO11/c1-8-10-12-14-28(35)39-20-27(43-29(36)15-13-11-9-2)21-41-31(38)24(5)16-32(7,22-33)17-25(6)44-42-19-26(34)18-40-30(37)23(3)4/h24,26-27,34H,3,6,8-21H2,1-2,4-5,7H3. The summed E-state index contributed by atoms with van der Waals surface area (Å²) in [6, 6.07) is 2.16. The number of aliphatic hydroxyl groups excluding tert-OH is 1. The van der Waals surface area contributed by atoms with E-state index in [0.29, 0.717) is 12.8 Å². The Hall–Kier alpha value is -3.43. The molecule has 0 bridgehead atoms. The van der Waals surface area contributed by atoms with Crippen molar-refractivity contribution in [1.82, 2.24) is 0 Å². The zero-order valence-corrected chi connectivity index (χ0v) is 27.0. The van der Waals surface area contributed by atoms with Crippen LogP contribution in [0.2, 0.25) is 0 Å². The molecule has 0 radical (unpaired) electrons. The Bertz CT molecular complexity index is 974. The van der Waals surface area contributed by atoms with Gasteiger partial charge in [0, 0.05) is 24.8 Å². The number of carbonyl (C=O) groups is 4. The first-order chi connectivity index (χ1) is 20.8. The molecule has 0 aromatic carbocycles. The van der Waals surface area contributed by atoms with Gasteiger partial charge >= 0.3 is 23.9 Å². The van der Waals surface area contributed by atoms with E-state index in [4.69, 9.17) is 28.7 Å². The van der Waals surface area contributed by atoms with Gasteiger partial charge in [-0.3, -0.25) is 14.4 Å². The minimum atomic E-state index is -1.16. The zero-order valence-electron chi connectivity index (χ0n) is 27.0. The van der Waals surface area contributed by atoms with E-state index >= 15 is 0 Å². The summed E-state index contributed by atoms with van der Waals surface area (Å²) in [6.45, 7) is 14.7. The van der Waals surface area contributed by atoms with Gasteiger partial charge in [0.25, 0.3) is 0 Å². The third-order valence-electron chi connectivity index (χ3n) is 6.32. The summed E-state index contributed by atoms with van der Waals surface area (Å²) in [5.41, 5.74) is -0.899. The lowest BCUT2D eigenvalue weighted by Crippen LogP contribution is -2.32. The number of allylic oxidation sites excluding steroid dienone is 1. The second-order valence-corrected chi connectivity index (χ2v) is 11.2. The van der Waals surface area contributed by atoms with E-state index < -0.39 is 47.4 Å². The largest absolute Gasteiger partial charge is 0.462 e. The summed E-state index contributed by atoms with van der Waals surface area (Å²) in [5, 5.41) is 19.7. The van der Waals surface area contributed by atoms with Crippen LogP contribution in [0.3, 0.4) is 0 Å². The van der Waals surface area contributed by atoms with Crippen LogP contribution in [-0.2, 0) is 47.9 Å². The SMILES string of the molecule is C=C(CC(C)(C#N)CC(C)C(=O)OCC(COC(=O)CCCCC)OC(=O)CCCCC)OOCC(O)COC(=O)C(=C)C. The highest BCUT2D eigenvalue weighted by Gasteiger charge is 2.32. The minimum absolute atomic E-state index is 0.00778. The third-order valence-corrected chi connectivity index (χ3v) is 6.32. The van der Waals surface area contributed by atoms with Crippen molar-refractivity contribution in [2.24, 2.45) is 11.3 Å². The first-order valence-electron chi connectivity index (χ1n) is 15.2. The summed E-state index contributed by atoms with van der Waals surface area (Å²) < 4.78 is 20.9. The highest BCUT2D eigenvalue weighted by Crippen LogP contribution is 2.33. The Morgan fingerprint density at radius 2 is 1.48 bits per heavy atom. The van der Waals surface area contributed by atoms with E-state index in [-0.39, 0.29) is 63.4 Å². The van der Waals surface area contributed by atoms with Crippen molar-refractivity contribution in [1.29, 1.82) is 5.26 Å². The molecule has 12 nitrogen and oxygen atoms in total. The fourth-order valence-electron chi connectivity index (χ4n) is 3.90. The molecule has 0 spiro atoms. The minimum Gasteiger partial charge on any atom is -0.462 e. The molecule has 0 aromatic heterocycles. The zero-order chi connectivity index (χ0) is 33.5. The number of unbranched alkanes of at least 4 members (excludes halogenated alkanes) is 4. The fraction of sp³-hybridized carbons (Fsp3) is 0.719. The second-order valence-electron chi connectivity index (χ2n) is 11.2. The molecule has 0 aromatic rings. The maximum Gasteiger partial charge on any atom is 0.333 e. The van der Waals surface area contributed by atoms with E-state index in [1.807, 2.05) is 13.8 Å². The van der Waals surface area contributed by atoms with Crippen molar-refractivity contribution in [2.45, 2.75) is 111 Å². The predicted octanol–water partition coefficient (Wildman–Crippen LogP) is 5.03. The van der Waals surface area contributed by atoms with Gasteiger partial charge < -0.3 is 28.9 Å². The number of aliphatic hydroxyl groups is 1. The van der Waals surface area contributed by atoms with Gasteiger partial charge in [0.1, 0.15) is 38.3 Å². The van der Waals surface area contributed by atoms with E-state index in [1.54, 1.807) is 13.8 Å². The molecule has 250 valence electrons. The molecule has 12 heteroatoms. The third kappa shape index (κ3) is 19.7. The van der Waals surface area contributed by atoms with E-state index in [2.05, 4.69) is 19.2 Å². The fourth-order valence-corrected chi connectivity index (χ4v) is 3.90. The number of nitrogens with zero attached hydrogens (tertiary/aromatic N) is 1. The lowest BCUT2D eigenvalue weighted by molar-refractivity contribution is -0.279. The molecule has 0 fully saturated rings. The summed E-state index contributed by atoms with van der Waals surface area (Å²) in [5.74, 6) is -2.79. The highest BCUT2D eigenvalue weighted by atomic mass is 17.2. The van der Waals surface area contributed by atoms with Gasteiger partial charge in [-0.1, -0.05) is 59.6 Å². The van der Waals surface area contributed by atoms with Crippen molar-refractivity contribution >= 4 is 23.9 Å². The monoisotopic (exact) mass is 625 g/mol. The molecule has 0 aliphatic heterocycles. The molecule has 44 heavy (non-hydrogen) atoms.